The highest BCUT2D eigenvalue weighted by Crippen LogP contribution is 2.05. The molecule has 78 valence electrons. The molecule has 0 fully saturated rings. The molecule has 0 N–H and O–H groups in total. The molecule has 0 saturated carbocycles. The summed E-state index contributed by atoms with van der Waals surface area (Å²) in [5.74, 6) is 0. The summed E-state index contributed by atoms with van der Waals surface area (Å²) in [5.41, 5.74) is 2.47. The van der Waals surface area contributed by atoms with Gasteiger partial charge in [0, 0.05) is 17.9 Å². The number of hydrogen-bond donors (Lipinski definition) is 0. The lowest BCUT2D eigenvalue weighted by atomic mass is 10.4. The van der Waals surface area contributed by atoms with Crippen LogP contribution in [0.15, 0.2) is 30.9 Å². The molecular weight excluding hydrogens is 172 g/mol. The van der Waals surface area contributed by atoms with E-state index in [0.717, 1.165) is 0 Å². The summed E-state index contributed by atoms with van der Waals surface area (Å²) in [6.45, 7) is 10.1. The van der Waals surface area contributed by atoms with E-state index in [1.54, 1.807) is 6.20 Å². The Morgan fingerprint density at radius 2 is 1.79 bits per heavy atom. The maximum Gasteiger partial charge on any atom is 0.0990 e. The number of aromatic nitrogens is 2. The van der Waals surface area contributed by atoms with Crippen molar-refractivity contribution in [3.05, 3.63) is 36.4 Å². The van der Waals surface area contributed by atoms with Crippen LogP contribution in [0.4, 0.5) is 0 Å². The van der Waals surface area contributed by atoms with Gasteiger partial charge in [-0.2, -0.15) is 0 Å². The molecule has 0 bridgehead atoms. The standard InChI is InChI=1S/C8H8N2.2C2H6/c1-7-4-8-2-3-9-6-10(8)5-7;2*1-2/h2-6H,1H3;2*1-2H3. The largest absolute Gasteiger partial charge is 0.308 e. The van der Waals surface area contributed by atoms with Gasteiger partial charge in [0.2, 0.25) is 0 Å². The van der Waals surface area contributed by atoms with Crippen molar-refractivity contribution < 1.29 is 0 Å². The van der Waals surface area contributed by atoms with Crippen LogP contribution in [-0.4, -0.2) is 9.38 Å². The van der Waals surface area contributed by atoms with Crippen molar-refractivity contribution in [1.29, 1.82) is 0 Å². The first-order valence-electron chi connectivity index (χ1n) is 5.24. The minimum Gasteiger partial charge on any atom is -0.308 e. The zero-order valence-corrected chi connectivity index (χ0v) is 9.78. The number of rotatable bonds is 0. The molecule has 0 atom stereocenters. The molecule has 0 unspecified atom stereocenters. The molecule has 0 aromatic carbocycles. The highest BCUT2D eigenvalue weighted by atomic mass is 14.9. The van der Waals surface area contributed by atoms with Crippen molar-refractivity contribution in [2.45, 2.75) is 34.6 Å². The molecule has 0 aliphatic carbocycles. The molecular formula is C12H20N2. The predicted octanol–water partition coefficient (Wildman–Crippen LogP) is 3.70. The van der Waals surface area contributed by atoms with Crippen LogP contribution in [0, 0.1) is 6.92 Å². The van der Waals surface area contributed by atoms with Gasteiger partial charge in [-0.15, -0.1) is 0 Å². The highest BCUT2D eigenvalue weighted by Gasteiger charge is 1.91. The first-order valence-corrected chi connectivity index (χ1v) is 5.24. The molecule has 0 amide bonds. The second-order valence-electron chi connectivity index (χ2n) is 2.43. The van der Waals surface area contributed by atoms with Gasteiger partial charge in [-0.1, -0.05) is 27.7 Å². The summed E-state index contributed by atoms with van der Waals surface area (Å²) in [6.07, 6.45) is 5.67. The highest BCUT2D eigenvalue weighted by molar-refractivity contribution is 5.48. The minimum atomic E-state index is 1.20. The second-order valence-corrected chi connectivity index (χ2v) is 2.43. The summed E-state index contributed by atoms with van der Waals surface area (Å²) < 4.78 is 2.01. The van der Waals surface area contributed by atoms with E-state index < -0.39 is 0 Å². The Morgan fingerprint density at radius 1 is 1.14 bits per heavy atom. The molecule has 2 aromatic heterocycles. The number of hydrogen-bond acceptors (Lipinski definition) is 1. The van der Waals surface area contributed by atoms with Crippen LogP contribution >= 0.6 is 0 Å². The van der Waals surface area contributed by atoms with Crippen molar-refractivity contribution in [3.8, 4) is 0 Å². The monoisotopic (exact) mass is 192 g/mol. The average molecular weight is 192 g/mol. The van der Waals surface area contributed by atoms with Crippen LogP contribution < -0.4 is 0 Å². The van der Waals surface area contributed by atoms with Crippen LogP contribution in [0.1, 0.15) is 33.3 Å². The topological polar surface area (TPSA) is 17.3 Å². The summed E-state index contributed by atoms with van der Waals surface area (Å²) in [6, 6.07) is 4.12. The molecule has 0 radical (unpaired) electrons. The molecule has 14 heavy (non-hydrogen) atoms. The Balaban J connectivity index is 0.000000379. The first-order chi connectivity index (χ1) is 6.86. The fourth-order valence-corrected chi connectivity index (χ4v) is 1.10. The van der Waals surface area contributed by atoms with Gasteiger partial charge in [0.1, 0.15) is 0 Å². The van der Waals surface area contributed by atoms with E-state index >= 15 is 0 Å². The first kappa shape index (κ1) is 12.7. The van der Waals surface area contributed by atoms with Crippen molar-refractivity contribution in [1.82, 2.24) is 9.38 Å². The molecule has 0 aliphatic heterocycles. The maximum absolute atomic E-state index is 3.99. The van der Waals surface area contributed by atoms with E-state index in [9.17, 15) is 0 Å². The van der Waals surface area contributed by atoms with E-state index in [4.69, 9.17) is 0 Å². The van der Waals surface area contributed by atoms with Gasteiger partial charge in [-0.3, -0.25) is 0 Å². The molecule has 2 heterocycles. The lowest BCUT2D eigenvalue weighted by Gasteiger charge is -1.87. The lowest BCUT2D eigenvalue weighted by Crippen LogP contribution is -1.80. The van der Waals surface area contributed by atoms with Crippen molar-refractivity contribution in [2.24, 2.45) is 0 Å². The second kappa shape index (κ2) is 7.13. The Hall–Kier alpha value is -1.31. The van der Waals surface area contributed by atoms with Crippen LogP contribution in [-0.2, 0) is 0 Å². The Morgan fingerprint density at radius 3 is 2.36 bits per heavy atom. The minimum absolute atomic E-state index is 1.20. The Bertz CT molecular complexity index is 317. The van der Waals surface area contributed by atoms with Gasteiger partial charge < -0.3 is 4.40 Å². The maximum atomic E-state index is 3.99. The van der Waals surface area contributed by atoms with E-state index in [1.165, 1.54) is 11.1 Å². The zero-order chi connectivity index (χ0) is 11.0. The third kappa shape index (κ3) is 3.21. The third-order valence-electron chi connectivity index (χ3n) is 1.54. The van der Waals surface area contributed by atoms with Gasteiger partial charge in [-0.25, -0.2) is 4.98 Å². The van der Waals surface area contributed by atoms with Gasteiger partial charge in [-0.05, 0) is 24.6 Å². The summed E-state index contributed by atoms with van der Waals surface area (Å²) in [5, 5.41) is 0. The summed E-state index contributed by atoms with van der Waals surface area (Å²) >= 11 is 0. The smallest absolute Gasteiger partial charge is 0.0990 e. The fraction of sp³-hybridized carbons (Fsp3) is 0.417. The number of fused-ring (bicyclic) bond motifs is 1. The molecule has 2 heteroatoms. The SMILES string of the molecule is CC.CC.Cc1cc2ccncn2c1. The van der Waals surface area contributed by atoms with Crippen LogP contribution in [0.25, 0.3) is 5.52 Å². The quantitative estimate of drug-likeness (QED) is 0.622. The third-order valence-corrected chi connectivity index (χ3v) is 1.54. The van der Waals surface area contributed by atoms with Crippen LogP contribution in [0.2, 0.25) is 0 Å². The number of aryl methyl sites for hydroxylation is 1. The molecule has 0 saturated heterocycles. The number of nitrogens with zero attached hydrogens (tertiary/aromatic N) is 2. The van der Waals surface area contributed by atoms with E-state index in [1.807, 2.05) is 44.5 Å². The Labute approximate surface area is 86.6 Å². The van der Waals surface area contributed by atoms with E-state index in [0.29, 0.717) is 0 Å². The van der Waals surface area contributed by atoms with Crippen LogP contribution in [0.3, 0.4) is 0 Å². The van der Waals surface area contributed by atoms with E-state index in [-0.39, 0.29) is 0 Å². The van der Waals surface area contributed by atoms with Gasteiger partial charge in [0.25, 0.3) is 0 Å². The molecule has 0 aliphatic rings. The van der Waals surface area contributed by atoms with Crippen molar-refractivity contribution in [3.63, 3.8) is 0 Å². The molecule has 0 spiro atoms. The summed E-state index contributed by atoms with van der Waals surface area (Å²) in [4.78, 5) is 3.99. The molecule has 2 nitrogen and oxygen atoms in total. The lowest BCUT2D eigenvalue weighted by molar-refractivity contribution is 1.09. The fourth-order valence-electron chi connectivity index (χ4n) is 1.10. The normalized spacial score (nSPS) is 8.36. The molecule has 2 aromatic rings. The van der Waals surface area contributed by atoms with Crippen molar-refractivity contribution in [2.75, 3.05) is 0 Å². The van der Waals surface area contributed by atoms with Crippen molar-refractivity contribution >= 4 is 5.52 Å². The summed E-state index contributed by atoms with van der Waals surface area (Å²) in [7, 11) is 0. The van der Waals surface area contributed by atoms with Gasteiger partial charge in [0.05, 0.1) is 6.33 Å². The predicted molar refractivity (Wildman–Crippen MR) is 62.6 cm³/mol. The Kier molecular flexibility index (Phi) is 6.46. The zero-order valence-electron chi connectivity index (χ0n) is 9.78. The van der Waals surface area contributed by atoms with E-state index in [2.05, 4.69) is 24.2 Å². The molecule has 2 rings (SSSR count). The average Bonchev–Trinajstić information content (AvgIpc) is 2.64. The van der Waals surface area contributed by atoms with Gasteiger partial charge >= 0.3 is 0 Å². The van der Waals surface area contributed by atoms with Crippen LogP contribution in [0.5, 0.6) is 0 Å². The van der Waals surface area contributed by atoms with Gasteiger partial charge in [0.15, 0.2) is 0 Å².